The molecule has 0 unspecified atom stereocenters. The second-order valence-electron chi connectivity index (χ2n) is 5.42. The van der Waals surface area contributed by atoms with Gasteiger partial charge in [0.2, 0.25) is 0 Å². The van der Waals surface area contributed by atoms with Crippen LogP contribution in [0.4, 0.5) is 0 Å². The van der Waals surface area contributed by atoms with E-state index < -0.39 is 7.92 Å². The summed E-state index contributed by atoms with van der Waals surface area (Å²) in [6.45, 7) is 0.0374. The molecule has 3 nitrogen and oxygen atoms in total. The Balaban J connectivity index is 1.91. The highest BCUT2D eigenvalue weighted by atomic mass is 31.1. The van der Waals surface area contributed by atoms with Gasteiger partial charge in [0.1, 0.15) is 0 Å². The maximum Gasteiger partial charge on any atom is 0.287 e. The van der Waals surface area contributed by atoms with E-state index >= 15 is 0 Å². The lowest BCUT2D eigenvalue weighted by Gasteiger charge is -2.23. The molecule has 126 valence electrons. The average Bonchev–Trinajstić information content (AvgIpc) is 3.12. The smallest absolute Gasteiger partial charge is 0.287 e. The Kier molecular flexibility index (Phi) is 5.81. The molecule has 25 heavy (non-hydrogen) atoms. The SMILES string of the molecule is COC(=O)C[N-]/C=C1/C=CC=C1P(c1ccccc1)c1ccccc1. The molecule has 0 saturated carbocycles. The van der Waals surface area contributed by atoms with Crippen molar-refractivity contribution >= 4 is 24.5 Å². The molecule has 0 aliphatic heterocycles. The van der Waals surface area contributed by atoms with Crippen LogP contribution in [0, 0.1) is 0 Å². The van der Waals surface area contributed by atoms with Crippen molar-refractivity contribution in [1.82, 2.24) is 0 Å². The summed E-state index contributed by atoms with van der Waals surface area (Å²) in [5.41, 5.74) is 1.04. The highest BCUT2D eigenvalue weighted by Crippen LogP contribution is 2.48. The van der Waals surface area contributed by atoms with Gasteiger partial charge < -0.3 is 10.1 Å². The summed E-state index contributed by atoms with van der Waals surface area (Å²) in [6.07, 6.45) is 7.99. The number of carbonyl (C=O) groups is 1. The first-order valence-corrected chi connectivity index (χ1v) is 9.36. The molecule has 1 aliphatic carbocycles. The third-order valence-corrected chi connectivity index (χ3v) is 6.29. The van der Waals surface area contributed by atoms with Crippen LogP contribution in [0.25, 0.3) is 5.32 Å². The van der Waals surface area contributed by atoms with Crippen LogP contribution in [-0.4, -0.2) is 19.6 Å². The Bertz CT molecular complexity index is 771. The van der Waals surface area contributed by atoms with E-state index in [9.17, 15) is 4.79 Å². The van der Waals surface area contributed by atoms with Crippen molar-refractivity contribution < 1.29 is 9.53 Å². The first-order valence-electron chi connectivity index (χ1n) is 8.02. The van der Waals surface area contributed by atoms with Gasteiger partial charge in [0, 0.05) is 0 Å². The molecule has 0 spiro atoms. The van der Waals surface area contributed by atoms with Crippen molar-refractivity contribution in [3.8, 4) is 0 Å². The number of carbonyl (C=O) groups excluding carboxylic acids is 1. The van der Waals surface area contributed by atoms with E-state index in [2.05, 4.69) is 64.7 Å². The van der Waals surface area contributed by atoms with Gasteiger partial charge in [-0.25, -0.2) is 0 Å². The Hall–Kier alpha value is -2.64. The van der Waals surface area contributed by atoms with Gasteiger partial charge in [-0.1, -0.05) is 78.9 Å². The third-order valence-electron chi connectivity index (χ3n) is 3.77. The Morgan fingerprint density at radius 1 is 1.04 bits per heavy atom. The van der Waals surface area contributed by atoms with Crippen LogP contribution in [-0.2, 0) is 9.53 Å². The summed E-state index contributed by atoms with van der Waals surface area (Å²) < 4.78 is 4.64. The molecule has 0 bridgehead atoms. The first kappa shape index (κ1) is 17.2. The summed E-state index contributed by atoms with van der Waals surface area (Å²) in [7, 11) is 0.698. The zero-order valence-corrected chi connectivity index (χ0v) is 14.9. The van der Waals surface area contributed by atoms with Gasteiger partial charge in [0.15, 0.2) is 0 Å². The monoisotopic (exact) mass is 348 g/mol. The molecular formula is C21H19NO2P-. The zero-order valence-electron chi connectivity index (χ0n) is 14.0. The van der Waals surface area contributed by atoms with Crippen molar-refractivity contribution in [2.45, 2.75) is 0 Å². The van der Waals surface area contributed by atoms with Crippen LogP contribution < -0.4 is 10.6 Å². The van der Waals surface area contributed by atoms with Crippen molar-refractivity contribution in [3.05, 3.63) is 101 Å². The highest BCUT2D eigenvalue weighted by Gasteiger charge is 2.21. The number of ether oxygens (including phenoxy) is 1. The second-order valence-corrected chi connectivity index (χ2v) is 7.60. The van der Waals surface area contributed by atoms with E-state index in [1.54, 1.807) is 6.20 Å². The molecule has 2 aromatic carbocycles. The molecule has 0 aromatic heterocycles. The molecule has 0 saturated heterocycles. The fraction of sp³-hybridized carbons (Fsp3) is 0.0952. The number of nitrogens with zero attached hydrogens (tertiary/aromatic N) is 1. The normalized spacial score (nSPS) is 14.6. The number of benzene rings is 2. The zero-order chi connectivity index (χ0) is 17.5. The Morgan fingerprint density at radius 3 is 2.20 bits per heavy atom. The molecular weight excluding hydrogens is 329 g/mol. The number of methoxy groups -OCH3 is 1. The van der Waals surface area contributed by atoms with E-state index in [1.807, 2.05) is 24.3 Å². The molecule has 4 heteroatoms. The Labute approximate surface area is 149 Å². The second kappa shape index (κ2) is 8.46. The fourth-order valence-electron chi connectivity index (χ4n) is 2.60. The lowest BCUT2D eigenvalue weighted by Crippen LogP contribution is -2.13. The molecule has 0 fully saturated rings. The van der Waals surface area contributed by atoms with Gasteiger partial charge in [-0.05, 0) is 36.0 Å². The number of esters is 1. The van der Waals surface area contributed by atoms with Crippen LogP contribution in [0.2, 0.25) is 0 Å². The van der Waals surface area contributed by atoms with Gasteiger partial charge in [-0.3, -0.25) is 4.79 Å². The standard InChI is InChI=1S/C21H19NO2P/c1-24-21(23)16-22-15-17-9-8-14-20(17)25(18-10-4-2-5-11-18)19-12-6-3-7-13-19/h2-15H,16H2,1H3/q-1/b17-15-. The van der Waals surface area contributed by atoms with Gasteiger partial charge in [-0.2, -0.15) is 6.20 Å². The number of rotatable bonds is 6. The van der Waals surface area contributed by atoms with Crippen LogP contribution in [0.1, 0.15) is 0 Å². The molecule has 0 N–H and O–H groups in total. The third kappa shape index (κ3) is 4.26. The van der Waals surface area contributed by atoms with E-state index in [0.717, 1.165) is 5.57 Å². The van der Waals surface area contributed by atoms with E-state index in [1.165, 1.54) is 23.0 Å². The van der Waals surface area contributed by atoms with Crippen LogP contribution in [0.15, 0.2) is 96.0 Å². The van der Waals surface area contributed by atoms with Gasteiger partial charge >= 0.3 is 0 Å². The van der Waals surface area contributed by atoms with Gasteiger partial charge in [-0.15, -0.1) is 0 Å². The molecule has 0 heterocycles. The lowest BCUT2D eigenvalue weighted by molar-refractivity contribution is -0.138. The number of allylic oxidation sites excluding steroid dienone is 5. The predicted octanol–water partition coefficient (Wildman–Crippen LogP) is 4.00. The minimum atomic E-state index is -0.673. The minimum absolute atomic E-state index is 0.0374. The molecule has 1 aliphatic rings. The maximum absolute atomic E-state index is 11.3. The fourth-order valence-corrected chi connectivity index (χ4v) is 5.02. The van der Waals surface area contributed by atoms with Crippen LogP contribution in [0.3, 0.4) is 0 Å². The van der Waals surface area contributed by atoms with Crippen molar-refractivity contribution in [2.24, 2.45) is 0 Å². The average molecular weight is 348 g/mol. The largest absolute Gasteiger partial charge is 0.681 e. The lowest BCUT2D eigenvalue weighted by atomic mass is 10.3. The maximum atomic E-state index is 11.3. The van der Waals surface area contributed by atoms with Crippen LogP contribution in [0.5, 0.6) is 0 Å². The minimum Gasteiger partial charge on any atom is -0.681 e. The first-order chi connectivity index (χ1) is 12.3. The number of hydrogen-bond donors (Lipinski definition) is 0. The van der Waals surface area contributed by atoms with E-state index in [0.29, 0.717) is 0 Å². The molecule has 0 atom stereocenters. The summed E-state index contributed by atoms with van der Waals surface area (Å²) >= 11 is 0. The summed E-state index contributed by atoms with van der Waals surface area (Å²) in [5, 5.41) is 8.04. The summed E-state index contributed by atoms with van der Waals surface area (Å²) in [4.78, 5) is 11.3. The van der Waals surface area contributed by atoms with Crippen molar-refractivity contribution in [1.29, 1.82) is 0 Å². The molecule has 0 radical (unpaired) electrons. The van der Waals surface area contributed by atoms with E-state index in [-0.39, 0.29) is 12.5 Å². The summed E-state index contributed by atoms with van der Waals surface area (Å²) in [6, 6.07) is 21.0. The van der Waals surface area contributed by atoms with Gasteiger partial charge in [0.25, 0.3) is 5.97 Å². The highest BCUT2D eigenvalue weighted by molar-refractivity contribution is 7.77. The quantitative estimate of drug-likeness (QED) is 0.585. The van der Waals surface area contributed by atoms with E-state index in [4.69, 9.17) is 0 Å². The molecule has 3 rings (SSSR count). The van der Waals surface area contributed by atoms with Crippen molar-refractivity contribution in [2.75, 3.05) is 13.7 Å². The van der Waals surface area contributed by atoms with Crippen molar-refractivity contribution in [3.63, 3.8) is 0 Å². The topological polar surface area (TPSA) is 40.4 Å². The predicted molar refractivity (Wildman–Crippen MR) is 105 cm³/mol. The number of hydrogen-bond acceptors (Lipinski definition) is 2. The molecule has 0 amide bonds. The molecule has 2 aromatic rings. The Morgan fingerprint density at radius 2 is 1.64 bits per heavy atom. The summed E-state index contributed by atoms with van der Waals surface area (Å²) in [5.74, 6) is -0.335. The van der Waals surface area contributed by atoms with Crippen LogP contribution >= 0.6 is 7.92 Å². The van der Waals surface area contributed by atoms with Gasteiger partial charge in [0.05, 0.1) is 7.11 Å².